The highest BCUT2D eigenvalue weighted by atomic mass is 35.5. The summed E-state index contributed by atoms with van der Waals surface area (Å²) in [5.41, 5.74) is 1.36. The van der Waals surface area contributed by atoms with Gasteiger partial charge in [-0.15, -0.1) is 0 Å². The fraction of sp³-hybridized carbons (Fsp3) is 0.300. The number of hydrogen-bond acceptors (Lipinski definition) is 2. The number of amides is 2. The van der Waals surface area contributed by atoms with Gasteiger partial charge in [0.2, 0.25) is 11.8 Å². The zero-order valence-corrected chi connectivity index (χ0v) is 16.6. The van der Waals surface area contributed by atoms with Crippen molar-refractivity contribution >= 4 is 35.0 Å². The fourth-order valence-electron chi connectivity index (χ4n) is 2.80. The molecule has 4 nitrogen and oxygen atoms in total. The standard InChI is InChI=1S/C20H21Cl2FN2O2/c1-3-18(20(27)24-2)25(12-14-6-7-15(21)11-17(14)22)19(26)10-13-4-8-16(23)9-5-13/h4-9,11,18H,3,10,12H2,1-2H3,(H,24,27)/t18-/m1/s1. The summed E-state index contributed by atoms with van der Waals surface area (Å²) < 4.78 is 13.1. The molecule has 0 saturated carbocycles. The van der Waals surface area contributed by atoms with E-state index < -0.39 is 6.04 Å². The van der Waals surface area contributed by atoms with Gasteiger partial charge in [-0.3, -0.25) is 9.59 Å². The van der Waals surface area contributed by atoms with Crippen molar-refractivity contribution in [2.75, 3.05) is 7.05 Å². The molecule has 1 N–H and O–H groups in total. The van der Waals surface area contributed by atoms with E-state index in [0.717, 1.165) is 0 Å². The van der Waals surface area contributed by atoms with Crippen molar-refractivity contribution in [1.82, 2.24) is 10.2 Å². The number of nitrogens with zero attached hydrogens (tertiary/aromatic N) is 1. The molecule has 27 heavy (non-hydrogen) atoms. The van der Waals surface area contributed by atoms with Crippen LogP contribution >= 0.6 is 23.2 Å². The van der Waals surface area contributed by atoms with Crippen LogP contribution in [0.25, 0.3) is 0 Å². The SMILES string of the molecule is CC[C@H](C(=O)NC)N(Cc1ccc(Cl)cc1Cl)C(=O)Cc1ccc(F)cc1. The van der Waals surface area contributed by atoms with E-state index in [0.29, 0.717) is 27.6 Å². The van der Waals surface area contributed by atoms with Crippen molar-refractivity contribution in [3.05, 3.63) is 69.5 Å². The van der Waals surface area contributed by atoms with Crippen LogP contribution in [0, 0.1) is 5.82 Å². The van der Waals surface area contributed by atoms with Crippen LogP contribution in [0.15, 0.2) is 42.5 Å². The lowest BCUT2D eigenvalue weighted by Gasteiger charge is -2.30. The van der Waals surface area contributed by atoms with Gasteiger partial charge in [0.1, 0.15) is 11.9 Å². The molecule has 0 unspecified atom stereocenters. The Morgan fingerprint density at radius 3 is 2.37 bits per heavy atom. The first-order valence-corrected chi connectivity index (χ1v) is 9.30. The average Bonchev–Trinajstić information content (AvgIpc) is 2.64. The van der Waals surface area contributed by atoms with Crippen LogP contribution in [0.5, 0.6) is 0 Å². The molecule has 0 aliphatic carbocycles. The van der Waals surface area contributed by atoms with Crippen molar-refractivity contribution in [1.29, 1.82) is 0 Å². The van der Waals surface area contributed by atoms with E-state index in [4.69, 9.17) is 23.2 Å². The number of nitrogens with one attached hydrogen (secondary N) is 1. The summed E-state index contributed by atoms with van der Waals surface area (Å²) in [7, 11) is 1.53. The van der Waals surface area contributed by atoms with E-state index >= 15 is 0 Å². The van der Waals surface area contributed by atoms with Crippen molar-refractivity contribution in [2.45, 2.75) is 32.4 Å². The van der Waals surface area contributed by atoms with E-state index in [1.165, 1.54) is 24.1 Å². The molecule has 2 amide bonds. The summed E-state index contributed by atoms with van der Waals surface area (Å²) in [6, 6.07) is 10.1. The van der Waals surface area contributed by atoms with Gasteiger partial charge in [-0.1, -0.05) is 48.3 Å². The highest BCUT2D eigenvalue weighted by molar-refractivity contribution is 6.35. The van der Waals surface area contributed by atoms with Gasteiger partial charge in [-0.25, -0.2) is 4.39 Å². The smallest absolute Gasteiger partial charge is 0.242 e. The second-order valence-corrected chi connectivity index (χ2v) is 6.94. The number of likely N-dealkylation sites (N-methyl/N-ethyl adjacent to an activating group) is 1. The van der Waals surface area contributed by atoms with Gasteiger partial charge in [0, 0.05) is 23.6 Å². The first-order valence-electron chi connectivity index (χ1n) is 8.55. The lowest BCUT2D eigenvalue weighted by Crippen LogP contribution is -2.48. The topological polar surface area (TPSA) is 49.4 Å². The maximum Gasteiger partial charge on any atom is 0.242 e. The maximum absolute atomic E-state index is 13.1. The Kier molecular flexibility index (Phi) is 7.63. The van der Waals surface area contributed by atoms with Crippen LogP contribution < -0.4 is 5.32 Å². The molecule has 0 aliphatic rings. The van der Waals surface area contributed by atoms with Gasteiger partial charge in [0.15, 0.2) is 0 Å². The zero-order valence-electron chi connectivity index (χ0n) is 15.1. The number of hydrogen-bond donors (Lipinski definition) is 1. The monoisotopic (exact) mass is 410 g/mol. The molecule has 2 aromatic carbocycles. The van der Waals surface area contributed by atoms with E-state index in [2.05, 4.69) is 5.32 Å². The van der Waals surface area contributed by atoms with E-state index in [9.17, 15) is 14.0 Å². The molecule has 0 aromatic heterocycles. The minimum Gasteiger partial charge on any atom is -0.357 e. The Hall–Kier alpha value is -2.11. The molecule has 144 valence electrons. The minimum atomic E-state index is -0.644. The predicted octanol–water partition coefficient (Wildman–Crippen LogP) is 4.23. The van der Waals surface area contributed by atoms with Gasteiger partial charge in [0.05, 0.1) is 6.42 Å². The fourth-order valence-corrected chi connectivity index (χ4v) is 3.27. The molecular formula is C20H21Cl2FN2O2. The summed E-state index contributed by atoms with van der Waals surface area (Å²) in [5, 5.41) is 3.51. The van der Waals surface area contributed by atoms with Crippen LogP contribution in [0.3, 0.4) is 0 Å². The van der Waals surface area contributed by atoms with Crippen LogP contribution in [0.2, 0.25) is 10.0 Å². The Balaban J connectivity index is 2.31. The normalized spacial score (nSPS) is 11.7. The molecule has 0 aliphatic heterocycles. The third kappa shape index (κ3) is 5.68. The zero-order chi connectivity index (χ0) is 20.0. The average molecular weight is 411 g/mol. The summed E-state index contributed by atoms with van der Waals surface area (Å²) >= 11 is 12.2. The summed E-state index contributed by atoms with van der Waals surface area (Å²) in [6.07, 6.45) is 0.499. The summed E-state index contributed by atoms with van der Waals surface area (Å²) in [6.45, 7) is 2.00. The van der Waals surface area contributed by atoms with E-state index in [-0.39, 0.29) is 30.6 Å². The summed E-state index contributed by atoms with van der Waals surface area (Å²) in [5.74, 6) is -0.870. The number of halogens is 3. The van der Waals surface area contributed by atoms with E-state index in [1.807, 2.05) is 6.92 Å². The Bertz CT molecular complexity index is 812. The van der Waals surface area contributed by atoms with Gasteiger partial charge < -0.3 is 10.2 Å². The second kappa shape index (κ2) is 9.72. The van der Waals surface area contributed by atoms with Gasteiger partial charge >= 0.3 is 0 Å². The van der Waals surface area contributed by atoms with Crippen molar-refractivity contribution in [3.63, 3.8) is 0 Å². The van der Waals surface area contributed by atoms with E-state index in [1.54, 1.807) is 30.3 Å². The number of benzene rings is 2. The third-order valence-corrected chi connectivity index (χ3v) is 4.84. The van der Waals surface area contributed by atoms with Gasteiger partial charge in [-0.2, -0.15) is 0 Å². The Morgan fingerprint density at radius 2 is 1.81 bits per heavy atom. The molecule has 0 saturated heterocycles. The molecule has 2 aromatic rings. The number of carbonyl (C=O) groups is 2. The van der Waals surface area contributed by atoms with Crippen LogP contribution in [-0.2, 0) is 22.6 Å². The quantitative estimate of drug-likeness (QED) is 0.742. The number of rotatable bonds is 7. The molecule has 0 spiro atoms. The predicted molar refractivity (Wildman–Crippen MR) is 105 cm³/mol. The third-order valence-electron chi connectivity index (χ3n) is 4.26. The summed E-state index contributed by atoms with van der Waals surface area (Å²) in [4.78, 5) is 26.8. The minimum absolute atomic E-state index is 0.0545. The lowest BCUT2D eigenvalue weighted by molar-refractivity contribution is -0.140. The first-order chi connectivity index (χ1) is 12.8. The highest BCUT2D eigenvalue weighted by Gasteiger charge is 2.28. The molecular weight excluding hydrogens is 390 g/mol. The molecule has 7 heteroatoms. The first kappa shape index (κ1) is 21.2. The Morgan fingerprint density at radius 1 is 1.15 bits per heavy atom. The molecule has 0 heterocycles. The number of carbonyl (C=O) groups excluding carboxylic acids is 2. The highest BCUT2D eigenvalue weighted by Crippen LogP contribution is 2.24. The van der Waals surface area contributed by atoms with Crippen LogP contribution in [-0.4, -0.2) is 29.8 Å². The lowest BCUT2D eigenvalue weighted by atomic mass is 10.1. The Labute approximate surface area is 168 Å². The maximum atomic E-state index is 13.1. The van der Waals surface area contributed by atoms with Gasteiger partial charge in [0.25, 0.3) is 0 Å². The molecule has 0 radical (unpaired) electrons. The molecule has 2 rings (SSSR count). The van der Waals surface area contributed by atoms with Crippen molar-refractivity contribution in [2.24, 2.45) is 0 Å². The van der Waals surface area contributed by atoms with Crippen molar-refractivity contribution < 1.29 is 14.0 Å². The van der Waals surface area contributed by atoms with Crippen molar-refractivity contribution in [3.8, 4) is 0 Å². The molecule has 0 bridgehead atoms. The van der Waals surface area contributed by atoms with Crippen LogP contribution in [0.1, 0.15) is 24.5 Å². The van der Waals surface area contributed by atoms with Gasteiger partial charge in [-0.05, 0) is 41.8 Å². The second-order valence-electron chi connectivity index (χ2n) is 6.10. The van der Waals surface area contributed by atoms with Crippen LogP contribution in [0.4, 0.5) is 4.39 Å². The molecule has 0 fully saturated rings. The molecule has 1 atom stereocenters. The largest absolute Gasteiger partial charge is 0.357 e.